The van der Waals surface area contributed by atoms with Crippen LogP contribution in [0.25, 0.3) is 11.0 Å². The molecule has 0 radical (unpaired) electrons. The van der Waals surface area contributed by atoms with E-state index in [0.29, 0.717) is 10.9 Å². The number of hydrogen-bond acceptors (Lipinski definition) is 7. The van der Waals surface area contributed by atoms with E-state index in [0.717, 1.165) is 29.0 Å². The zero-order valence-corrected chi connectivity index (χ0v) is 21.0. The van der Waals surface area contributed by atoms with Crippen molar-refractivity contribution in [3.8, 4) is 0 Å². The molecule has 0 saturated carbocycles. The fraction of sp³-hybridized carbons (Fsp3) is 0.458. The largest absolute Gasteiger partial charge is 0.372 e. The summed E-state index contributed by atoms with van der Waals surface area (Å²) in [7, 11) is 3.01. The average Bonchev–Trinajstić information content (AvgIpc) is 3.34. The molecule has 1 aromatic carbocycles. The van der Waals surface area contributed by atoms with Gasteiger partial charge in [0.2, 0.25) is 5.91 Å². The molecule has 1 aliphatic heterocycles. The minimum atomic E-state index is -0.473. The van der Waals surface area contributed by atoms with Gasteiger partial charge in [-0.2, -0.15) is 0 Å². The number of carbonyl (C=O) groups is 1. The lowest BCUT2D eigenvalue weighted by molar-refractivity contribution is -0.113. The van der Waals surface area contributed by atoms with Crippen molar-refractivity contribution in [3.05, 3.63) is 50.9 Å². The number of carbonyl (C=O) groups excluding carboxylic acids is 1. The SMILES string of the molecule is Cn1c(=O)c2c(SCC(=O)Nc3ccc(N4CCCC4)cc3)nc(C(C)(C)C)nc2n(C)c1=O. The summed E-state index contributed by atoms with van der Waals surface area (Å²) in [6, 6.07) is 7.84. The van der Waals surface area contributed by atoms with E-state index >= 15 is 0 Å². The van der Waals surface area contributed by atoms with Crippen LogP contribution in [-0.2, 0) is 24.3 Å². The zero-order valence-electron chi connectivity index (χ0n) is 20.2. The van der Waals surface area contributed by atoms with Crippen LogP contribution in [0.4, 0.5) is 11.4 Å². The summed E-state index contributed by atoms with van der Waals surface area (Å²) in [5.74, 6) is 0.364. The van der Waals surface area contributed by atoms with Crippen LogP contribution < -0.4 is 21.5 Å². The van der Waals surface area contributed by atoms with Crippen molar-refractivity contribution in [3.63, 3.8) is 0 Å². The molecule has 2 aromatic heterocycles. The number of hydrogen-bond donors (Lipinski definition) is 1. The lowest BCUT2D eigenvalue weighted by Gasteiger charge is -2.19. The number of benzene rings is 1. The second kappa shape index (κ2) is 9.25. The second-order valence-electron chi connectivity index (χ2n) is 9.58. The summed E-state index contributed by atoms with van der Waals surface area (Å²) in [5, 5.41) is 3.54. The highest BCUT2D eigenvalue weighted by molar-refractivity contribution is 8.00. The smallest absolute Gasteiger partial charge is 0.332 e. The first-order valence-corrected chi connectivity index (χ1v) is 12.3. The first-order valence-electron chi connectivity index (χ1n) is 11.3. The van der Waals surface area contributed by atoms with Crippen LogP contribution in [-0.4, -0.2) is 43.9 Å². The predicted molar refractivity (Wildman–Crippen MR) is 136 cm³/mol. The van der Waals surface area contributed by atoms with E-state index in [1.807, 2.05) is 45.0 Å². The third-order valence-corrected chi connectivity index (χ3v) is 6.88. The van der Waals surface area contributed by atoms with E-state index < -0.39 is 16.7 Å². The molecule has 4 rings (SSSR count). The van der Waals surface area contributed by atoms with Crippen LogP contribution in [0.15, 0.2) is 38.9 Å². The maximum atomic E-state index is 12.9. The fourth-order valence-electron chi connectivity index (χ4n) is 3.93. The summed E-state index contributed by atoms with van der Waals surface area (Å²) in [5.41, 5.74) is 0.817. The maximum Gasteiger partial charge on any atom is 0.332 e. The van der Waals surface area contributed by atoms with E-state index in [1.54, 1.807) is 7.05 Å². The number of nitrogens with one attached hydrogen (secondary N) is 1. The van der Waals surface area contributed by atoms with Crippen LogP contribution in [0.3, 0.4) is 0 Å². The van der Waals surface area contributed by atoms with Crippen LogP contribution in [0.2, 0.25) is 0 Å². The molecule has 1 saturated heterocycles. The Morgan fingerprint density at radius 2 is 1.68 bits per heavy atom. The molecule has 0 atom stereocenters. The number of nitrogens with zero attached hydrogens (tertiary/aromatic N) is 5. The summed E-state index contributed by atoms with van der Waals surface area (Å²) < 4.78 is 2.38. The Balaban J connectivity index is 1.58. The normalized spacial score (nSPS) is 14.1. The maximum absolute atomic E-state index is 12.9. The molecule has 10 heteroatoms. The Kier molecular flexibility index (Phi) is 6.53. The third kappa shape index (κ3) is 4.72. The van der Waals surface area contributed by atoms with E-state index in [4.69, 9.17) is 0 Å². The lowest BCUT2D eigenvalue weighted by Crippen LogP contribution is -2.38. The van der Waals surface area contributed by atoms with Crippen molar-refractivity contribution >= 4 is 40.1 Å². The van der Waals surface area contributed by atoms with Gasteiger partial charge >= 0.3 is 5.69 Å². The van der Waals surface area contributed by atoms with Gasteiger partial charge in [0, 0.05) is 44.0 Å². The Labute approximate surface area is 202 Å². The van der Waals surface area contributed by atoms with Gasteiger partial charge in [-0.05, 0) is 37.1 Å². The standard InChI is InChI=1S/C24H30N6O3S/c1-24(2,3)22-26-19-18(21(32)29(5)23(33)28(19)4)20(27-22)34-14-17(31)25-15-8-10-16(11-9-15)30-12-6-7-13-30/h8-11H,6-7,12-14H2,1-5H3,(H,25,31). The van der Waals surface area contributed by atoms with Crippen molar-refractivity contribution in [2.24, 2.45) is 14.1 Å². The Hall–Kier alpha value is -3.14. The molecule has 1 fully saturated rings. The van der Waals surface area contributed by atoms with Crippen molar-refractivity contribution in [2.45, 2.75) is 44.1 Å². The molecular formula is C24H30N6O3S. The zero-order chi connectivity index (χ0) is 24.6. The first kappa shape index (κ1) is 24.0. The van der Waals surface area contributed by atoms with Gasteiger partial charge in [-0.25, -0.2) is 14.8 Å². The number of thioether (sulfide) groups is 1. The van der Waals surface area contributed by atoms with Gasteiger partial charge in [-0.3, -0.25) is 18.7 Å². The Morgan fingerprint density at radius 1 is 1.03 bits per heavy atom. The fourth-order valence-corrected chi connectivity index (χ4v) is 4.74. The first-order chi connectivity index (χ1) is 16.1. The van der Waals surface area contributed by atoms with Crippen molar-refractivity contribution in [2.75, 3.05) is 29.1 Å². The summed E-state index contributed by atoms with van der Waals surface area (Å²) in [6.07, 6.45) is 2.42. The van der Waals surface area contributed by atoms with Gasteiger partial charge in [0.25, 0.3) is 5.56 Å². The molecule has 1 amide bonds. The number of aromatic nitrogens is 4. The number of anilines is 2. The van der Waals surface area contributed by atoms with Gasteiger partial charge in [-0.15, -0.1) is 0 Å². The molecule has 0 spiro atoms. The van der Waals surface area contributed by atoms with Crippen molar-refractivity contribution in [1.29, 1.82) is 0 Å². The van der Waals surface area contributed by atoms with Gasteiger partial charge in [0.1, 0.15) is 16.2 Å². The average molecular weight is 483 g/mol. The Bertz CT molecular complexity index is 1350. The van der Waals surface area contributed by atoms with Crippen LogP contribution in [0.1, 0.15) is 39.4 Å². The minimum Gasteiger partial charge on any atom is -0.372 e. The van der Waals surface area contributed by atoms with E-state index in [9.17, 15) is 14.4 Å². The molecule has 0 unspecified atom stereocenters. The number of amides is 1. The summed E-state index contributed by atoms with van der Waals surface area (Å²) in [4.78, 5) is 49.5. The molecule has 0 aliphatic carbocycles. The third-order valence-electron chi connectivity index (χ3n) is 5.90. The quantitative estimate of drug-likeness (QED) is 0.441. The molecule has 1 N–H and O–H groups in total. The minimum absolute atomic E-state index is 0.0650. The molecule has 34 heavy (non-hydrogen) atoms. The topological polar surface area (TPSA) is 102 Å². The highest BCUT2D eigenvalue weighted by atomic mass is 32.2. The Morgan fingerprint density at radius 3 is 2.29 bits per heavy atom. The molecular weight excluding hydrogens is 452 g/mol. The van der Waals surface area contributed by atoms with Crippen LogP contribution >= 0.6 is 11.8 Å². The van der Waals surface area contributed by atoms with Crippen molar-refractivity contribution in [1.82, 2.24) is 19.1 Å². The molecule has 0 bridgehead atoms. The van der Waals surface area contributed by atoms with E-state index in [1.165, 1.54) is 36.2 Å². The van der Waals surface area contributed by atoms with Gasteiger partial charge in [0.15, 0.2) is 5.65 Å². The molecule has 3 aromatic rings. The highest BCUT2D eigenvalue weighted by Crippen LogP contribution is 2.27. The van der Waals surface area contributed by atoms with Crippen LogP contribution in [0.5, 0.6) is 0 Å². The van der Waals surface area contributed by atoms with Gasteiger partial charge in [-0.1, -0.05) is 32.5 Å². The van der Waals surface area contributed by atoms with E-state index in [-0.39, 0.29) is 22.7 Å². The van der Waals surface area contributed by atoms with Crippen LogP contribution in [0, 0.1) is 0 Å². The van der Waals surface area contributed by atoms with Crippen molar-refractivity contribution < 1.29 is 4.79 Å². The molecule has 9 nitrogen and oxygen atoms in total. The molecule has 180 valence electrons. The predicted octanol–water partition coefficient (Wildman–Crippen LogP) is 2.66. The second-order valence-corrected chi connectivity index (χ2v) is 10.5. The monoisotopic (exact) mass is 482 g/mol. The van der Waals surface area contributed by atoms with Gasteiger partial charge < -0.3 is 10.2 Å². The number of aryl methyl sites for hydroxylation is 1. The summed E-state index contributed by atoms with van der Waals surface area (Å²) >= 11 is 1.17. The highest BCUT2D eigenvalue weighted by Gasteiger charge is 2.24. The lowest BCUT2D eigenvalue weighted by atomic mass is 9.96. The summed E-state index contributed by atoms with van der Waals surface area (Å²) in [6.45, 7) is 8.01. The number of rotatable bonds is 5. The van der Waals surface area contributed by atoms with E-state index in [2.05, 4.69) is 20.2 Å². The van der Waals surface area contributed by atoms with Gasteiger partial charge in [0.05, 0.1) is 5.75 Å². The molecule has 1 aliphatic rings. The molecule has 3 heterocycles. The number of fused-ring (bicyclic) bond motifs is 1.